The van der Waals surface area contributed by atoms with Gasteiger partial charge >= 0.3 is 17.9 Å². The number of aliphatic hydroxyl groups excluding tert-OH is 5. The first-order chi connectivity index (χ1) is 39.4. The maximum atomic E-state index is 14.4. The molecule has 10 bridgehead atoms. The van der Waals surface area contributed by atoms with Crippen molar-refractivity contribution in [3.8, 4) is 0 Å². The van der Waals surface area contributed by atoms with Crippen LogP contribution in [0.25, 0.3) is 0 Å². The SMILES string of the molecule is C=C/C=C/[C@H](O)CC(=C)C[C@H]1OC2[C@@H](O)[C@]3(O)C[C@@H](O)[C@H](C)[C@H](CCC/C=C\[C@@H]4C[C@@H](O)C[C@]5(C[C@H](OC)CC(CC(=O)[C@@H](C)[C@H](OC(C)=O)[C@@H](C)C(=C)C[C@@H]6C[C@@](C)(O)C[C@]7(C[C@H](OC(C)=O)CC(CC(=O)O[C@@H]([C@@H]1O)[C@H]2C)O7)O6)O5)O4)O3. The number of carbonyl (C=O) groups excluding carboxylic acids is 4. The molecule has 2 spiro atoms. The average molecular weight is 1190 g/mol. The van der Waals surface area contributed by atoms with E-state index in [1.807, 2.05) is 12.2 Å². The minimum atomic E-state index is -2.39. The summed E-state index contributed by atoms with van der Waals surface area (Å²) in [5.74, 6) is -10.6. The number of allylic oxidation sites excluding steroid dienone is 3. The van der Waals surface area contributed by atoms with Gasteiger partial charge in [0.1, 0.15) is 36.3 Å². The molecule has 0 aromatic carbocycles. The van der Waals surface area contributed by atoms with E-state index in [0.29, 0.717) is 43.3 Å². The first-order valence-electron chi connectivity index (χ1n) is 30.2. The molecule has 7 rings (SSSR count). The highest BCUT2D eigenvalue weighted by atomic mass is 16.7. The Morgan fingerprint density at radius 3 is 2.17 bits per heavy atom. The number of carbonyl (C=O) groups is 4. The second-order valence-electron chi connectivity index (χ2n) is 25.8. The van der Waals surface area contributed by atoms with E-state index in [-0.39, 0.29) is 76.1 Å². The molecule has 7 N–H and O–H groups in total. The number of esters is 3. The fraction of sp³-hybridized carbons (Fsp3) is 0.778. The zero-order valence-electron chi connectivity index (χ0n) is 50.4. The Hall–Kier alpha value is -3.78. The average Bonchev–Trinajstić information content (AvgIpc) is 2.00. The van der Waals surface area contributed by atoms with Gasteiger partial charge in [-0.3, -0.25) is 19.2 Å². The Morgan fingerprint density at radius 1 is 0.810 bits per heavy atom. The summed E-state index contributed by atoms with van der Waals surface area (Å²) in [6, 6.07) is 0. The minimum absolute atomic E-state index is 0.0156. The maximum Gasteiger partial charge on any atom is 0.308 e. The van der Waals surface area contributed by atoms with Crippen molar-refractivity contribution in [3.05, 3.63) is 61.3 Å². The lowest BCUT2D eigenvalue weighted by atomic mass is 9.78. The summed E-state index contributed by atoms with van der Waals surface area (Å²) in [5.41, 5.74) is -0.456. The fourth-order valence-electron chi connectivity index (χ4n) is 14.1. The Balaban J connectivity index is 1.22. The lowest BCUT2D eigenvalue weighted by Crippen LogP contribution is -2.65. The third-order valence-corrected chi connectivity index (χ3v) is 18.3. The summed E-state index contributed by atoms with van der Waals surface area (Å²) in [7, 11) is 1.57. The van der Waals surface area contributed by atoms with Crippen LogP contribution >= 0.6 is 0 Å². The molecule has 0 saturated carbocycles. The Bertz CT molecular complexity index is 2370. The highest BCUT2D eigenvalue weighted by Crippen LogP contribution is 2.48. The van der Waals surface area contributed by atoms with Crippen LogP contribution in [0.2, 0.25) is 0 Å². The van der Waals surface area contributed by atoms with Gasteiger partial charge in [0.15, 0.2) is 17.4 Å². The van der Waals surface area contributed by atoms with Gasteiger partial charge in [-0.2, -0.15) is 0 Å². The van der Waals surface area contributed by atoms with E-state index in [2.05, 4.69) is 19.7 Å². The van der Waals surface area contributed by atoms with E-state index in [1.54, 1.807) is 47.8 Å². The van der Waals surface area contributed by atoms with Gasteiger partial charge in [-0.25, -0.2) is 0 Å². The molecule has 7 aliphatic rings. The van der Waals surface area contributed by atoms with Crippen LogP contribution in [-0.4, -0.2) is 187 Å². The third kappa shape index (κ3) is 17.3. The van der Waals surface area contributed by atoms with Crippen LogP contribution in [-0.2, 0) is 66.5 Å². The van der Waals surface area contributed by atoms with Crippen LogP contribution in [0.3, 0.4) is 0 Å². The number of ketones is 1. The van der Waals surface area contributed by atoms with Crippen molar-refractivity contribution < 1.29 is 102 Å². The van der Waals surface area contributed by atoms with Crippen molar-refractivity contribution in [1.29, 1.82) is 0 Å². The molecule has 3 unspecified atom stereocenters. The predicted octanol–water partition coefficient (Wildman–Crippen LogP) is 5.34. The summed E-state index contributed by atoms with van der Waals surface area (Å²) >= 11 is 0. The van der Waals surface area contributed by atoms with Crippen molar-refractivity contribution in [2.24, 2.45) is 23.7 Å². The number of Topliss-reactive ketones (excluding diaryl/α,β-unsaturated/α-hetero) is 1. The molecule has 7 aliphatic heterocycles. The monoisotopic (exact) mass is 1190 g/mol. The molecule has 0 aromatic rings. The summed E-state index contributed by atoms with van der Waals surface area (Å²) in [5, 5.41) is 82.3. The van der Waals surface area contributed by atoms with Crippen molar-refractivity contribution in [3.63, 3.8) is 0 Å². The number of hydrogen-bond acceptors (Lipinski definition) is 21. The van der Waals surface area contributed by atoms with E-state index < -0.39 is 169 Å². The normalized spacial score (nSPS) is 44.9. The van der Waals surface area contributed by atoms with Gasteiger partial charge in [-0.05, 0) is 45.4 Å². The van der Waals surface area contributed by atoms with E-state index in [9.17, 15) is 54.9 Å². The van der Waals surface area contributed by atoms with Crippen LogP contribution in [0.5, 0.6) is 0 Å². The number of methoxy groups -OCH3 is 1. The summed E-state index contributed by atoms with van der Waals surface area (Å²) in [6.45, 7) is 23.1. The second-order valence-corrected chi connectivity index (χ2v) is 25.8. The van der Waals surface area contributed by atoms with Gasteiger partial charge in [0.2, 0.25) is 0 Å². The van der Waals surface area contributed by atoms with Crippen molar-refractivity contribution >= 4 is 23.7 Å². The summed E-state index contributed by atoms with van der Waals surface area (Å²) < 4.78 is 63.4. The molecule has 0 radical (unpaired) electrons. The van der Waals surface area contributed by atoms with E-state index in [4.69, 9.17) is 47.4 Å². The Morgan fingerprint density at radius 2 is 1.48 bits per heavy atom. The quantitative estimate of drug-likeness (QED) is 0.0663. The number of rotatable bonds is 9. The molecule has 474 valence electrons. The van der Waals surface area contributed by atoms with Crippen molar-refractivity contribution in [2.75, 3.05) is 7.11 Å². The highest BCUT2D eigenvalue weighted by molar-refractivity contribution is 5.82. The molecule has 0 aromatic heterocycles. The van der Waals surface area contributed by atoms with E-state index >= 15 is 0 Å². The standard InChI is InChI=1S/C63H96O21/c1-12-13-17-42(66)20-34(2)21-53-55(71)57-39(7)58(78-53)59(72)63(74)32-51(69)37(5)52(84-63)19-16-14-15-18-44-23-43(67)28-61(80-44)30-47(75-11)24-45(81-61)26-50(68)38(6)56(77-41(9)65)36(4)35(3)22-49-29-60(10,73)33-62(83-49)31-48(76-40(8)64)25-46(82-62)27-54(70)79-57/h12-13,15,17-18,36-39,42-49,51-53,55-59,66-67,69,71-74H,1-3,14,16,19-33H2,4-11H3/b17-13+,18-15-/t36-,37-,38+,39+,42-,43+,44+,45?,46?,47+,48+,49+,51+,52-,53+,55+,56+,57+,58?,59+,60+,61-,62-,63-/m0/s1. The van der Waals surface area contributed by atoms with Crippen LogP contribution in [0.15, 0.2) is 61.3 Å². The first-order valence-corrected chi connectivity index (χ1v) is 30.2. The fourth-order valence-corrected chi connectivity index (χ4v) is 14.1. The van der Waals surface area contributed by atoms with Gasteiger partial charge in [0.25, 0.3) is 0 Å². The zero-order chi connectivity index (χ0) is 61.6. The number of fused-ring (bicyclic) bond motifs is 8. The molecular weight excluding hydrogens is 1090 g/mol. The van der Waals surface area contributed by atoms with Crippen LogP contribution in [0.1, 0.15) is 158 Å². The molecule has 6 saturated heterocycles. The molecule has 6 fully saturated rings. The van der Waals surface area contributed by atoms with Crippen LogP contribution in [0, 0.1) is 23.7 Å². The van der Waals surface area contributed by atoms with E-state index in [0.717, 1.165) is 0 Å². The first kappa shape index (κ1) is 67.7. The van der Waals surface area contributed by atoms with Crippen molar-refractivity contribution in [1.82, 2.24) is 0 Å². The smallest absolute Gasteiger partial charge is 0.308 e. The maximum absolute atomic E-state index is 14.4. The molecular formula is C63H96O21. The van der Waals surface area contributed by atoms with Crippen molar-refractivity contribution in [2.45, 2.75) is 278 Å². The molecule has 24 atom stereocenters. The predicted molar refractivity (Wildman–Crippen MR) is 303 cm³/mol. The third-order valence-electron chi connectivity index (χ3n) is 18.3. The Kier molecular flexibility index (Phi) is 23.0. The second kappa shape index (κ2) is 28.6. The highest BCUT2D eigenvalue weighted by Gasteiger charge is 2.58. The molecule has 0 aliphatic carbocycles. The van der Waals surface area contributed by atoms with Gasteiger partial charge in [0, 0.05) is 103 Å². The largest absolute Gasteiger partial charge is 0.462 e. The Labute approximate surface area is 494 Å². The van der Waals surface area contributed by atoms with Crippen LogP contribution in [0.4, 0.5) is 0 Å². The number of hydrogen-bond donors (Lipinski definition) is 7. The van der Waals surface area contributed by atoms with E-state index in [1.165, 1.54) is 26.0 Å². The zero-order valence-corrected chi connectivity index (χ0v) is 50.4. The number of ether oxygens (including phenoxy) is 10. The van der Waals surface area contributed by atoms with Gasteiger partial charge < -0.3 is 83.1 Å². The molecule has 0 amide bonds. The lowest BCUT2D eigenvalue weighted by Gasteiger charge is -2.52. The molecule has 84 heavy (non-hydrogen) atoms. The summed E-state index contributed by atoms with van der Waals surface area (Å²) in [4.78, 5) is 54.3. The lowest BCUT2D eigenvalue weighted by molar-refractivity contribution is -0.351. The van der Waals surface area contributed by atoms with Gasteiger partial charge in [-0.1, -0.05) is 89.0 Å². The molecule has 21 nitrogen and oxygen atoms in total. The number of aliphatic hydroxyl groups is 7. The summed E-state index contributed by atoms with van der Waals surface area (Å²) in [6.07, 6.45) is -6.46. The topological polar surface area (TPSA) is 302 Å². The minimum Gasteiger partial charge on any atom is -0.462 e. The molecule has 21 heteroatoms. The van der Waals surface area contributed by atoms with Gasteiger partial charge in [-0.15, -0.1) is 0 Å². The van der Waals surface area contributed by atoms with Gasteiger partial charge in [0.05, 0.1) is 85.1 Å². The van der Waals surface area contributed by atoms with Crippen LogP contribution < -0.4 is 0 Å². The molecule has 7 heterocycles.